The minimum Gasteiger partial charge on any atom is -0.229 e. The molecule has 1 saturated heterocycles. The van der Waals surface area contributed by atoms with E-state index in [9.17, 15) is 8.42 Å². The molecule has 0 aliphatic carbocycles. The number of aromatic nitrogens is 1. The van der Waals surface area contributed by atoms with Crippen LogP contribution in [0.3, 0.4) is 0 Å². The van der Waals surface area contributed by atoms with Gasteiger partial charge in [0.25, 0.3) is 10.0 Å². The van der Waals surface area contributed by atoms with E-state index in [2.05, 4.69) is 4.98 Å². The van der Waals surface area contributed by atoms with E-state index in [-0.39, 0.29) is 10.5 Å². The third-order valence-electron chi connectivity index (χ3n) is 3.32. The van der Waals surface area contributed by atoms with Gasteiger partial charge in [0, 0.05) is 12.6 Å². The number of piperidine rings is 1. The van der Waals surface area contributed by atoms with Gasteiger partial charge in [-0.15, -0.1) is 0 Å². The largest absolute Gasteiger partial charge is 0.254 e. The van der Waals surface area contributed by atoms with Crippen LogP contribution in [0.15, 0.2) is 4.21 Å². The molecule has 0 amide bonds. The number of hydrogen-bond acceptors (Lipinski definition) is 4. The van der Waals surface area contributed by atoms with Crippen LogP contribution in [0.5, 0.6) is 0 Å². The lowest BCUT2D eigenvalue weighted by Crippen LogP contribution is -2.43. The van der Waals surface area contributed by atoms with E-state index in [1.165, 1.54) is 0 Å². The van der Waals surface area contributed by atoms with Crippen LogP contribution in [0.4, 0.5) is 0 Å². The molecule has 1 aliphatic heterocycles. The Kier molecular flexibility index (Phi) is 4.31. The van der Waals surface area contributed by atoms with Crippen molar-refractivity contribution in [1.29, 1.82) is 0 Å². The molecule has 0 aromatic carbocycles. The fourth-order valence-electron chi connectivity index (χ4n) is 2.39. The summed E-state index contributed by atoms with van der Waals surface area (Å²) >= 11 is 6.86. The fourth-order valence-corrected chi connectivity index (χ4v) is 6.01. The number of rotatable bonds is 3. The van der Waals surface area contributed by atoms with Crippen LogP contribution in [0.2, 0.25) is 4.47 Å². The van der Waals surface area contributed by atoms with Crippen LogP contribution < -0.4 is 0 Å². The Morgan fingerprint density at radius 3 is 2.78 bits per heavy atom. The summed E-state index contributed by atoms with van der Waals surface area (Å²) in [6, 6.07) is 0.115. The molecule has 1 aromatic heterocycles. The minimum absolute atomic E-state index is 0.115. The van der Waals surface area contributed by atoms with Gasteiger partial charge in [0.15, 0.2) is 8.68 Å². The summed E-state index contributed by atoms with van der Waals surface area (Å²) in [6.07, 6.45) is 3.83. The zero-order valence-corrected chi connectivity index (χ0v) is 12.9. The van der Waals surface area contributed by atoms with Crippen LogP contribution in [-0.4, -0.2) is 30.3 Å². The first kappa shape index (κ1) is 14.2. The number of halogens is 1. The molecule has 0 bridgehead atoms. The van der Waals surface area contributed by atoms with E-state index in [1.807, 2.05) is 6.92 Å². The normalized spacial score (nSPS) is 22.3. The number of thiazole rings is 1. The Bertz CT molecular complexity index is 527. The van der Waals surface area contributed by atoms with Gasteiger partial charge in [0.1, 0.15) is 0 Å². The topological polar surface area (TPSA) is 50.3 Å². The Labute approximate surface area is 117 Å². The third kappa shape index (κ3) is 2.57. The highest BCUT2D eigenvalue weighted by atomic mass is 35.5. The maximum Gasteiger partial charge on any atom is 0.254 e. The lowest BCUT2D eigenvalue weighted by Gasteiger charge is -2.33. The average Bonchev–Trinajstić information content (AvgIpc) is 2.69. The highest BCUT2D eigenvalue weighted by molar-refractivity contribution is 7.91. The van der Waals surface area contributed by atoms with Gasteiger partial charge in [-0.25, -0.2) is 13.4 Å². The number of nitrogens with zero attached hydrogens (tertiary/aromatic N) is 2. The number of hydrogen-bond donors (Lipinski definition) is 0. The van der Waals surface area contributed by atoms with Gasteiger partial charge >= 0.3 is 0 Å². The van der Waals surface area contributed by atoms with Gasteiger partial charge in [-0.3, -0.25) is 0 Å². The van der Waals surface area contributed by atoms with Gasteiger partial charge < -0.3 is 0 Å². The van der Waals surface area contributed by atoms with Crippen molar-refractivity contribution in [2.24, 2.45) is 0 Å². The van der Waals surface area contributed by atoms with E-state index in [0.29, 0.717) is 16.4 Å². The maximum atomic E-state index is 12.6. The molecule has 0 spiro atoms. The summed E-state index contributed by atoms with van der Waals surface area (Å²) in [6.45, 7) is 4.33. The molecular weight excluding hydrogens is 292 g/mol. The molecule has 0 radical (unpaired) electrons. The summed E-state index contributed by atoms with van der Waals surface area (Å²) in [7, 11) is -3.43. The zero-order chi connectivity index (χ0) is 13.3. The van der Waals surface area contributed by atoms with Crippen LogP contribution >= 0.6 is 22.9 Å². The quantitative estimate of drug-likeness (QED) is 0.862. The fraction of sp³-hybridized carbons (Fsp3) is 0.727. The first-order chi connectivity index (χ1) is 8.46. The first-order valence-electron chi connectivity index (χ1n) is 6.11. The Hall–Kier alpha value is -0.170. The predicted molar refractivity (Wildman–Crippen MR) is 73.7 cm³/mol. The molecule has 1 aromatic rings. The lowest BCUT2D eigenvalue weighted by molar-refractivity contribution is 0.247. The van der Waals surface area contributed by atoms with Crippen molar-refractivity contribution in [2.45, 2.75) is 49.8 Å². The van der Waals surface area contributed by atoms with Gasteiger partial charge in [-0.05, 0) is 26.2 Å². The van der Waals surface area contributed by atoms with E-state index in [1.54, 1.807) is 11.2 Å². The second kappa shape index (κ2) is 5.45. The van der Waals surface area contributed by atoms with Crippen molar-refractivity contribution < 1.29 is 8.42 Å². The van der Waals surface area contributed by atoms with E-state index in [0.717, 1.165) is 37.0 Å². The second-order valence-electron chi connectivity index (χ2n) is 4.51. The molecule has 2 heterocycles. The molecule has 102 valence electrons. The van der Waals surface area contributed by atoms with E-state index < -0.39 is 10.0 Å². The van der Waals surface area contributed by atoms with Crippen molar-refractivity contribution in [2.75, 3.05) is 6.54 Å². The zero-order valence-electron chi connectivity index (χ0n) is 10.5. The maximum absolute atomic E-state index is 12.6. The van der Waals surface area contributed by atoms with Gasteiger partial charge in [-0.2, -0.15) is 4.31 Å². The molecule has 1 atom stereocenters. The summed E-state index contributed by atoms with van der Waals surface area (Å²) in [4.78, 5) is 4.00. The van der Waals surface area contributed by atoms with Crippen LogP contribution in [0, 0.1) is 6.92 Å². The molecule has 0 N–H and O–H groups in total. The first-order valence-corrected chi connectivity index (χ1v) is 8.75. The van der Waals surface area contributed by atoms with Gasteiger partial charge in [0.2, 0.25) is 0 Å². The lowest BCUT2D eigenvalue weighted by atomic mass is 10.0. The summed E-state index contributed by atoms with van der Waals surface area (Å²) < 4.78 is 27.5. The average molecular weight is 309 g/mol. The Balaban J connectivity index is 2.38. The molecule has 1 fully saturated rings. The van der Waals surface area contributed by atoms with E-state index >= 15 is 0 Å². The van der Waals surface area contributed by atoms with Crippen molar-refractivity contribution >= 4 is 33.0 Å². The molecule has 0 saturated carbocycles. The van der Waals surface area contributed by atoms with Crippen molar-refractivity contribution in [3.63, 3.8) is 0 Å². The van der Waals surface area contributed by atoms with Gasteiger partial charge in [0.05, 0.1) is 5.69 Å². The SMILES string of the molecule is CCC1CCCCN1S(=O)(=O)c1sc(Cl)nc1C. The van der Waals surface area contributed by atoms with Crippen LogP contribution in [-0.2, 0) is 10.0 Å². The van der Waals surface area contributed by atoms with Gasteiger partial charge in [-0.1, -0.05) is 36.3 Å². The summed E-state index contributed by atoms with van der Waals surface area (Å²) in [5.41, 5.74) is 0.505. The number of sulfonamides is 1. The number of aryl methyl sites for hydroxylation is 1. The Morgan fingerprint density at radius 1 is 1.50 bits per heavy atom. The summed E-state index contributed by atoms with van der Waals surface area (Å²) in [5.74, 6) is 0. The molecular formula is C11H17ClN2O2S2. The molecule has 4 nitrogen and oxygen atoms in total. The highest BCUT2D eigenvalue weighted by Crippen LogP contribution is 2.33. The smallest absolute Gasteiger partial charge is 0.229 e. The van der Waals surface area contributed by atoms with E-state index in [4.69, 9.17) is 11.6 Å². The molecule has 2 rings (SSSR count). The predicted octanol–water partition coefficient (Wildman–Crippen LogP) is 3.06. The monoisotopic (exact) mass is 308 g/mol. The van der Waals surface area contributed by atoms with Crippen molar-refractivity contribution in [1.82, 2.24) is 9.29 Å². The van der Waals surface area contributed by atoms with Crippen molar-refractivity contribution in [3.8, 4) is 0 Å². The molecule has 18 heavy (non-hydrogen) atoms. The highest BCUT2D eigenvalue weighted by Gasteiger charge is 2.35. The summed E-state index contributed by atoms with van der Waals surface area (Å²) in [5, 5.41) is 0. The molecule has 1 unspecified atom stereocenters. The molecule has 7 heteroatoms. The third-order valence-corrected chi connectivity index (χ3v) is 7.12. The minimum atomic E-state index is -3.43. The van der Waals surface area contributed by atoms with Crippen LogP contribution in [0.1, 0.15) is 38.3 Å². The van der Waals surface area contributed by atoms with Crippen LogP contribution in [0.25, 0.3) is 0 Å². The molecule has 1 aliphatic rings. The van der Waals surface area contributed by atoms with Crippen molar-refractivity contribution in [3.05, 3.63) is 10.2 Å². The second-order valence-corrected chi connectivity index (χ2v) is 8.18. The Morgan fingerprint density at radius 2 is 2.22 bits per heavy atom. The standard InChI is InChI=1S/C11H17ClN2O2S2/c1-3-9-6-4-5-7-14(9)18(15,16)10-8(2)13-11(12)17-10/h9H,3-7H2,1-2H3.